The van der Waals surface area contributed by atoms with Gasteiger partial charge in [0.1, 0.15) is 0 Å². The molecule has 0 radical (unpaired) electrons. The van der Waals surface area contributed by atoms with Crippen molar-refractivity contribution in [2.45, 2.75) is 26.2 Å². The maximum atomic E-state index is 4.39. The molecule has 11 rings (SSSR count). The summed E-state index contributed by atoms with van der Waals surface area (Å²) in [6.45, 7) is 11.2. The van der Waals surface area contributed by atoms with E-state index >= 15 is 0 Å². The third-order valence-electron chi connectivity index (χ3n) is 12.8. The Labute approximate surface area is 357 Å². The van der Waals surface area contributed by atoms with E-state index in [4.69, 9.17) is 0 Å². The summed E-state index contributed by atoms with van der Waals surface area (Å²) in [6, 6.07) is 68.6. The summed E-state index contributed by atoms with van der Waals surface area (Å²) in [5.74, 6) is 0. The molecule has 0 N–H and O–H groups in total. The normalized spacial score (nSPS) is 13.0. The largest absolute Gasteiger partial charge is 0.310 e. The molecule has 2 aromatic heterocycles. The predicted octanol–water partition coefficient (Wildman–Crippen LogP) is 15.8. The molecule has 0 spiro atoms. The molecule has 0 aliphatic heterocycles. The van der Waals surface area contributed by atoms with Crippen LogP contribution in [0.1, 0.15) is 43.2 Å². The molecule has 0 amide bonds. The Bertz CT molecular complexity index is 3330. The quantitative estimate of drug-likeness (QED) is 0.150. The highest BCUT2D eigenvalue weighted by atomic mass is 15.1. The van der Waals surface area contributed by atoms with E-state index in [1.807, 2.05) is 6.08 Å². The molecule has 1 aliphatic carbocycles. The summed E-state index contributed by atoms with van der Waals surface area (Å²) in [7, 11) is 0. The minimum absolute atomic E-state index is 0.103. The zero-order valence-corrected chi connectivity index (χ0v) is 34.7. The van der Waals surface area contributed by atoms with Gasteiger partial charge < -0.3 is 14.0 Å². The average Bonchev–Trinajstić information content (AvgIpc) is 3.90. The molecule has 10 aromatic rings. The fraction of sp³-hybridized carbons (Fsp3) is 0.0690. The lowest BCUT2D eigenvalue weighted by Gasteiger charge is -2.28. The first kappa shape index (κ1) is 36.5. The van der Waals surface area contributed by atoms with Crippen molar-refractivity contribution < 1.29 is 0 Å². The van der Waals surface area contributed by atoms with E-state index in [2.05, 4.69) is 242 Å². The fourth-order valence-corrected chi connectivity index (χ4v) is 10.1. The van der Waals surface area contributed by atoms with Gasteiger partial charge in [0.05, 0.1) is 22.2 Å². The Morgan fingerprint density at radius 2 is 1.10 bits per heavy atom. The summed E-state index contributed by atoms with van der Waals surface area (Å²) in [4.78, 5) is 2.39. The van der Waals surface area contributed by atoms with Crippen LogP contribution in [0.5, 0.6) is 0 Å². The van der Waals surface area contributed by atoms with Gasteiger partial charge in [0.15, 0.2) is 0 Å². The molecule has 1 aliphatic rings. The molecule has 3 heteroatoms. The van der Waals surface area contributed by atoms with Gasteiger partial charge in [-0.2, -0.15) is 0 Å². The number of rotatable bonds is 8. The predicted molar refractivity (Wildman–Crippen MR) is 260 cm³/mol. The van der Waals surface area contributed by atoms with Crippen LogP contribution in [-0.2, 0) is 5.41 Å². The van der Waals surface area contributed by atoms with Gasteiger partial charge in [-0.3, -0.25) is 0 Å². The third-order valence-corrected chi connectivity index (χ3v) is 12.8. The second-order valence-electron chi connectivity index (χ2n) is 16.5. The van der Waals surface area contributed by atoms with E-state index in [9.17, 15) is 0 Å². The summed E-state index contributed by atoms with van der Waals surface area (Å²) in [6.07, 6.45) is 6.38. The minimum atomic E-state index is -0.103. The van der Waals surface area contributed by atoms with Gasteiger partial charge in [-0.1, -0.05) is 148 Å². The topological polar surface area (TPSA) is 13.1 Å². The van der Waals surface area contributed by atoms with Crippen LogP contribution in [0.3, 0.4) is 0 Å². The van der Waals surface area contributed by atoms with Crippen molar-refractivity contribution in [1.29, 1.82) is 0 Å². The molecule has 0 fully saturated rings. The van der Waals surface area contributed by atoms with Gasteiger partial charge in [0, 0.05) is 55.6 Å². The molecule has 0 bridgehead atoms. The average molecular weight is 784 g/mol. The van der Waals surface area contributed by atoms with Crippen molar-refractivity contribution >= 4 is 61.9 Å². The summed E-state index contributed by atoms with van der Waals surface area (Å²) in [5, 5.41) is 3.61. The zero-order chi connectivity index (χ0) is 41.2. The first-order chi connectivity index (χ1) is 30.0. The van der Waals surface area contributed by atoms with Crippen LogP contribution < -0.4 is 4.90 Å². The molecule has 0 saturated carbocycles. The second kappa shape index (κ2) is 14.3. The summed E-state index contributed by atoms with van der Waals surface area (Å²) >= 11 is 0. The molecule has 3 nitrogen and oxygen atoms in total. The highest BCUT2D eigenvalue weighted by molar-refractivity contribution is 6.25. The molecular formula is C58H45N3. The van der Waals surface area contributed by atoms with E-state index in [1.54, 1.807) is 0 Å². The zero-order valence-electron chi connectivity index (χ0n) is 34.7. The van der Waals surface area contributed by atoms with Crippen molar-refractivity contribution in [3.63, 3.8) is 0 Å². The number of hydrogen-bond donors (Lipinski definition) is 0. The van der Waals surface area contributed by atoms with E-state index in [0.717, 1.165) is 50.8 Å². The minimum Gasteiger partial charge on any atom is -0.310 e. The van der Waals surface area contributed by atoms with Crippen molar-refractivity contribution in [1.82, 2.24) is 9.13 Å². The molecule has 0 unspecified atom stereocenters. The number of aromatic nitrogens is 2. The van der Waals surface area contributed by atoms with Crippen LogP contribution in [0.4, 0.5) is 17.1 Å². The highest BCUT2D eigenvalue weighted by Gasteiger charge is 2.36. The lowest BCUT2D eigenvalue weighted by Crippen LogP contribution is -2.16. The number of nitrogens with zero attached hydrogens (tertiary/aromatic N) is 3. The van der Waals surface area contributed by atoms with Gasteiger partial charge in [0.2, 0.25) is 0 Å². The van der Waals surface area contributed by atoms with Gasteiger partial charge >= 0.3 is 0 Å². The molecule has 61 heavy (non-hydrogen) atoms. The van der Waals surface area contributed by atoms with Gasteiger partial charge in [-0.05, 0) is 119 Å². The molecule has 8 aromatic carbocycles. The smallest absolute Gasteiger partial charge is 0.0795 e. The summed E-state index contributed by atoms with van der Waals surface area (Å²) < 4.78 is 4.86. The molecule has 0 atom stereocenters. The number of fused-ring (bicyclic) bond motifs is 8. The van der Waals surface area contributed by atoms with Gasteiger partial charge in [-0.25, -0.2) is 0 Å². The standard InChI is InChI=1S/C58H45N3/c1-5-20-47-50-38-49(55-48-28-17-19-30-54(48)61(42-25-14-9-15-26-42)57(55)56(50)60(53(47)6-2)41-23-12-8-13-24-41)39-31-33-43(34-32-39)59(40-21-10-7-11-22-40)44-35-36-46-45-27-16-18-29-51(45)58(3,4)52(46)37-44/h5-38H,2H2,1,3-4H3/b20-5-. The first-order valence-electron chi connectivity index (χ1n) is 21.2. The van der Waals surface area contributed by atoms with E-state index < -0.39 is 0 Å². The molecule has 292 valence electrons. The van der Waals surface area contributed by atoms with Gasteiger partial charge in [0.25, 0.3) is 0 Å². The maximum Gasteiger partial charge on any atom is 0.0795 e. The Morgan fingerprint density at radius 3 is 1.80 bits per heavy atom. The highest BCUT2D eigenvalue weighted by Crippen LogP contribution is 2.51. The first-order valence-corrected chi connectivity index (χ1v) is 21.2. The lowest BCUT2D eigenvalue weighted by molar-refractivity contribution is 0.660. The maximum absolute atomic E-state index is 4.39. The van der Waals surface area contributed by atoms with E-state index in [-0.39, 0.29) is 5.41 Å². The Kier molecular flexibility index (Phi) is 8.54. The van der Waals surface area contributed by atoms with Crippen LogP contribution in [0.25, 0.3) is 78.5 Å². The molecule has 0 saturated heterocycles. The summed E-state index contributed by atoms with van der Waals surface area (Å²) in [5.41, 5.74) is 18.9. The van der Waals surface area contributed by atoms with Gasteiger partial charge in [-0.15, -0.1) is 0 Å². The Balaban J connectivity index is 1.17. The van der Waals surface area contributed by atoms with Crippen LogP contribution in [0, 0.1) is 0 Å². The lowest BCUT2D eigenvalue weighted by atomic mass is 9.82. The number of para-hydroxylation sites is 4. The number of hydrogen-bond acceptors (Lipinski definition) is 1. The Hall–Kier alpha value is -7.62. The Morgan fingerprint density at radius 1 is 0.508 bits per heavy atom. The monoisotopic (exact) mass is 783 g/mol. The number of benzene rings is 8. The van der Waals surface area contributed by atoms with E-state index in [0.29, 0.717) is 0 Å². The second-order valence-corrected chi connectivity index (χ2v) is 16.5. The number of allylic oxidation sites excluding steroid dienone is 1. The van der Waals surface area contributed by atoms with Crippen molar-refractivity contribution in [3.8, 4) is 33.6 Å². The molecule has 2 heterocycles. The van der Waals surface area contributed by atoms with Crippen molar-refractivity contribution in [2.24, 2.45) is 0 Å². The number of anilines is 3. The van der Waals surface area contributed by atoms with E-state index in [1.165, 1.54) is 55.0 Å². The SMILES string of the molecule is C=Cc1c(/C=C\C)c2cc(-c3ccc(N(c4ccccc4)c4ccc5c(c4)C(C)(C)c4ccccc4-5)cc3)c3c4ccccc4n(-c4ccccc4)c3c2n1-c1ccccc1. The van der Waals surface area contributed by atoms with Crippen LogP contribution in [-0.4, -0.2) is 9.13 Å². The van der Waals surface area contributed by atoms with Crippen molar-refractivity contribution in [3.05, 3.63) is 223 Å². The fourth-order valence-electron chi connectivity index (χ4n) is 10.1. The molecular weight excluding hydrogens is 739 g/mol. The van der Waals surface area contributed by atoms with Crippen LogP contribution in [0.15, 0.2) is 201 Å². The third kappa shape index (κ3) is 5.58. The van der Waals surface area contributed by atoms with Crippen LogP contribution >= 0.6 is 0 Å². The van der Waals surface area contributed by atoms with Crippen LogP contribution in [0.2, 0.25) is 0 Å². The van der Waals surface area contributed by atoms with Crippen molar-refractivity contribution in [2.75, 3.05) is 4.90 Å².